The molecule has 0 fully saturated rings. The Morgan fingerprint density at radius 1 is 1.17 bits per heavy atom. The highest BCUT2D eigenvalue weighted by molar-refractivity contribution is 7.20. The van der Waals surface area contributed by atoms with Gasteiger partial charge in [0.05, 0.1) is 23.0 Å². The van der Waals surface area contributed by atoms with Crippen LogP contribution in [0.4, 0.5) is 5.82 Å². The molecule has 0 radical (unpaired) electrons. The van der Waals surface area contributed by atoms with Crippen molar-refractivity contribution in [3.05, 3.63) is 53.7 Å². The van der Waals surface area contributed by atoms with Gasteiger partial charge in [-0.2, -0.15) is 9.78 Å². The van der Waals surface area contributed by atoms with E-state index in [9.17, 15) is 4.79 Å². The first-order valence-electron chi connectivity index (χ1n) is 8.83. The van der Waals surface area contributed by atoms with Crippen molar-refractivity contribution in [2.75, 3.05) is 19.2 Å². The minimum Gasteiger partial charge on any atom is -0.497 e. The standard InChI is InChI=1S/C20H16N4O4S/c1-11-7-18(22-19(25)12-3-6-15-16(8-12)28-10-27-15)24(23-11)20-21-14-5-4-13(26-2)9-17(14)29-20/h3-9H,10H2,1-2H3,(H,22,25). The number of thiazole rings is 1. The van der Waals surface area contributed by atoms with Crippen LogP contribution in [0.3, 0.4) is 0 Å². The van der Waals surface area contributed by atoms with Crippen LogP contribution in [0.5, 0.6) is 17.2 Å². The van der Waals surface area contributed by atoms with E-state index in [-0.39, 0.29) is 12.7 Å². The Morgan fingerprint density at radius 2 is 2.03 bits per heavy atom. The zero-order chi connectivity index (χ0) is 20.0. The van der Waals surface area contributed by atoms with Crippen LogP contribution in [0.25, 0.3) is 15.3 Å². The van der Waals surface area contributed by atoms with Crippen LogP contribution in [0.2, 0.25) is 0 Å². The maximum Gasteiger partial charge on any atom is 0.256 e. The van der Waals surface area contributed by atoms with Crippen molar-refractivity contribution in [3.63, 3.8) is 0 Å². The van der Waals surface area contributed by atoms with Gasteiger partial charge in [-0.25, -0.2) is 4.98 Å². The molecule has 0 aliphatic carbocycles. The van der Waals surface area contributed by atoms with Crippen molar-refractivity contribution in [2.45, 2.75) is 6.92 Å². The number of aromatic nitrogens is 3. The van der Waals surface area contributed by atoms with E-state index in [2.05, 4.69) is 15.4 Å². The summed E-state index contributed by atoms with van der Waals surface area (Å²) in [6.07, 6.45) is 0. The van der Waals surface area contributed by atoms with Crippen LogP contribution in [0.1, 0.15) is 16.1 Å². The molecule has 1 amide bonds. The van der Waals surface area contributed by atoms with E-state index < -0.39 is 0 Å². The van der Waals surface area contributed by atoms with Crippen molar-refractivity contribution < 1.29 is 19.0 Å². The molecule has 8 nitrogen and oxygen atoms in total. The normalized spacial score (nSPS) is 12.3. The topological polar surface area (TPSA) is 87.5 Å². The van der Waals surface area contributed by atoms with Gasteiger partial charge in [0, 0.05) is 11.6 Å². The number of methoxy groups -OCH3 is 1. The van der Waals surface area contributed by atoms with Crippen molar-refractivity contribution in [3.8, 4) is 22.4 Å². The summed E-state index contributed by atoms with van der Waals surface area (Å²) in [5.74, 6) is 2.22. The molecule has 1 aliphatic heterocycles. The summed E-state index contributed by atoms with van der Waals surface area (Å²) in [7, 11) is 1.63. The van der Waals surface area contributed by atoms with Gasteiger partial charge in [-0.3, -0.25) is 4.79 Å². The highest BCUT2D eigenvalue weighted by Gasteiger charge is 2.19. The summed E-state index contributed by atoms with van der Waals surface area (Å²) in [6.45, 7) is 2.03. The lowest BCUT2D eigenvalue weighted by molar-refractivity contribution is 0.102. The second kappa shape index (κ2) is 6.78. The molecule has 1 N–H and O–H groups in total. The Labute approximate surface area is 169 Å². The van der Waals surface area contributed by atoms with Gasteiger partial charge < -0.3 is 19.5 Å². The zero-order valence-electron chi connectivity index (χ0n) is 15.6. The number of ether oxygens (including phenoxy) is 3. The van der Waals surface area contributed by atoms with Gasteiger partial charge in [0.25, 0.3) is 5.91 Å². The third-order valence-corrected chi connectivity index (χ3v) is 5.47. The summed E-state index contributed by atoms with van der Waals surface area (Å²) in [4.78, 5) is 17.4. The molecule has 0 bridgehead atoms. The smallest absolute Gasteiger partial charge is 0.256 e. The fourth-order valence-corrected chi connectivity index (χ4v) is 4.03. The van der Waals surface area contributed by atoms with E-state index in [1.165, 1.54) is 11.3 Å². The van der Waals surface area contributed by atoms with E-state index in [0.717, 1.165) is 21.7 Å². The van der Waals surface area contributed by atoms with Crippen LogP contribution in [-0.4, -0.2) is 34.6 Å². The van der Waals surface area contributed by atoms with Gasteiger partial charge >= 0.3 is 0 Å². The maximum atomic E-state index is 12.8. The molecule has 1 aliphatic rings. The Balaban J connectivity index is 1.47. The summed E-state index contributed by atoms with van der Waals surface area (Å²) in [5, 5.41) is 8.06. The molecule has 2 aromatic carbocycles. The first kappa shape index (κ1) is 17.5. The summed E-state index contributed by atoms with van der Waals surface area (Å²) in [5.41, 5.74) is 2.07. The molecule has 0 spiro atoms. The number of fused-ring (bicyclic) bond motifs is 2. The van der Waals surface area contributed by atoms with Crippen LogP contribution in [0, 0.1) is 6.92 Å². The molecule has 29 heavy (non-hydrogen) atoms. The van der Waals surface area contributed by atoms with Crippen molar-refractivity contribution in [1.82, 2.24) is 14.8 Å². The fourth-order valence-electron chi connectivity index (χ4n) is 3.07. The van der Waals surface area contributed by atoms with Crippen molar-refractivity contribution in [1.29, 1.82) is 0 Å². The lowest BCUT2D eigenvalue weighted by atomic mass is 10.2. The number of nitrogens with one attached hydrogen (secondary N) is 1. The van der Waals surface area contributed by atoms with Crippen LogP contribution < -0.4 is 19.5 Å². The highest BCUT2D eigenvalue weighted by Crippen LogP contribution is 2.33. The largest absolute Gasteiger partial charge is 0.497 e. The second-order valence-corrected chi connectivity index (χ2v) is 7.44. The molecule has 0 unspecified atom stereocenters. The average Bonchev–Trinajstić information content (AvgIpc) is 3.44. The molecule has 3 heterocycles. The average molecular weight is 408 g/mol. The first-order valence-corrected chi connectivity index (χ1v) is 9.65. The van der Waals surface area contributed by atoms with Crippen LogP contribution >= 0.6 is 11.3 Å². The Morgan fingerprint density at radius 3 is 2.90 bits per heavy atom. The van der Waals surface area contributed by atoms with E-state index in [1.807, 2.05) is 25.1 Å². The molecule has 0 saturated carbocycles. The number of amides is 1. The molecular weight excluding hydrogens is 392 g/mol. The Bertz CT molecular complexity index is 1250. The third kappa shape index (κ3) is 3.15. The number of anilines is 1. The minimum absolute atomic E-state index is 0.161. The number of aryl methyl sites for hydroxylation is 1. The minimum atomic E-state index is -0.271. The molecule has 5 rings (SSSR count). The van der Waals surface area contributed by atoms with E-state index >= 15 is 0 Å². The van der Waals surface area contributed by atoms with Crippen LogP contribution in [-0.2, 0) is 0 Å². The summed E-state index contributed by atoms with van der Waals surface area (Å²) >= 11 is 1.47. The molecular formula is C20H16N4O4S. The predicted molar refractivity (Wildman–Crippen MR) is 109 cm³/mol. The molecule has 146 valence electrons. The van der Waals surface area contributed by atoms with Gasteiger partial charge in [-0.1, -0.05) is 11.3 Å². The number of benzene rings is 2. The lowest BCUT2D eigenvalue weighted by Crippen LogP contribution is -2.15. The van der Waals surface area contributed by atoms with E-state index in [0.29, 0.717) is 28.0 Å². The lowest BCUT2D eigenvalue weighted by Gasteiger charge is -2.07. The zero-order valence-corrected chi connectivity index (χ0v) is 16.4. The van der Waals surface area contributed by atoms with Gasteiger partial charge in [0.15, 0.2) is 11.5 Å². The van der Waals surface area contributed by atoms with Crippen LogP contribution in [0.15, 0.2) is 42.5 Å². The fraction of sp³-hybridized carbons (Fsp3) is 0.150. The van der Waals surface area contributed by atoms with Gasteiger partial charge in [-0.15, -0.1) is 0 Å². The molecule has 2 aromatic heterocycles. The van der Waals surface area contributed by atoms with Crippen molar-refractivity contribution >= 4 is 33.3 Å². The Hall–Kier alpha value is -3.59. The van der Waals surface area contributed by atoms with E-state index in [4.69, 9.17) is 14.2 Å². The summed E-state index contributed by atoms with van der Waals surface area (Å²) < 4.78 is 18.5. The second-order valence-electron chi connectivity index (χ2n) is 6.44. The molecule has 9 heteroatoms. The number of nitrogens with zero attached hydrogens (tertiary/aromatic N) is 3. The number of carbonyl (C=O) groups is 1. The van der Waals surface area contributed by atoms with Gasteiger partial charge in [0.1, 0.15) is 11.6 Å². The Kier molecular flexibility index (Phi) is 4.09. The number of carbonyl (C=O) groups excluding carboxylic acids is 1. The molecule has 0 atom stereocenters. The highest BCUT2D eigenvalue weighted by atomic mass is 32.1. The number of rotatable bonds is 4. The monoisotopic (exact) mass is 408 g/mol. The maximum absolute atomic E-state index is 12.8. The van der Waals surface area contributed by atoms with Gasteiger partial charge in [-0.05, 0) is 43.3 Å². The molecule has 0 saturated heterocycles. The van der Waals surface area contributed by atoms with Crippen molar-refractivity contribution in [2.24, 2.45) is 0 Å². The number of hydrogen-bond acceptors (Lipinski definition) is 7. The quantitative estimate of drug-likeness (QED) is 0.553. The van der Waals surface area contributed by atoms with E-state index in [1.54, 1.807) is 36.1 Å². The summed E-state index contributed by atoms with van der Waals surface area (Å²) in [6, 6.07) is 12.6. The molecule has 4 aromatic rings. The predicted octanol–water partition coefficient (Wildman–Crippen LogP) is 3.78. The third-order valence-electron chi connectivity index (χ3n) is 4.47. The first-order chi connectivity index (χ1) is 14.1. The SMILES string of the molecule is COc1ccc2nc(-n3nc(C)cc3NC(=O)c3ccc4c(c3)OCO4)sc2c1. The number of hydrogen-bond donors (Lipinski definition) is 1. The van der Waals surface area contributed by atoms with Gasteiger partial charge in [0.2, 0.25) is 11.9 Å².